The number of unbranched alkanes of at least 4 members (excludes halogenated alkanes) is 1. The van der Waals surface area contributed by atoms with Gasteiger partial charge < -0.3 is 19.5 Å². The number of methoxy groups -OCH3 is 1. The topological polar surface area (TPSA) is 56.8 Å². The van der Waals surface area contributed by atoms with Crippen LogP contribution in [0.3, 0.4) is 0 Å². The number of hydrogen-bond donors (Lipinski definition) is 1. The molecule has 0 bridgehead atoms. The number of alkyl halides is 2. The fraction of sp³-hybridized carbons (Fsp3) is 0.350. The molecule has 27 heavy (non-hydrogen) atoms. The van der Waals surface area contributed by atoms with Crippen LogP contribution in [0.1, 0.15) is 35.7 Å². The normalized spacial score (nSPS) is 10.6. The second-order valence-electron chi connectivity index (χ2n) is 5.74. The molecule has 146 valence electrons. The van der Waals surface area contributed by atoms with E-state index in [1.807, 2.05) is 0 Å². The van der Waals surface area contributed by atoms with Crippen LogP contribution in [0.2, 0.25) is 0 Å². The number of halogens is 2. The largest absolute Gasteiger partial charge is 0.493 e. The Hall–Kier alpha value is -2.83. The summed E-state index contributed by atoms with van der Waals surface area (Å²) in [5.74, 6) is 0.698. The molecule has 0 aliphatic carbocycles. The number of rotatable bonds is 10. The monoisotopic (exact) mass is 379 g/mol. The number of amides is 1. The zero-order valence-electron chi connectivity index (χ0n) is 15.3. The Morgan fingerprint density at radius 3 is 2.59 bits per heavy atom. The van der Waals surface area contributed by atoms with Gasteiger partial charge in [-0.05, 0) is 30.7 Å². The van der Waals surface area contributed by atoms with E-state index in [0.29, 0.717) is 29.2 Å². The molecule has 5 nitrogen and oxygen atoms in total. The molecule has 0 aliphatic rings. The summed E-state index contributed by atoms with van der Waals surface area (Å²) in [5.41, 5.74) is 0.833. The third-order valence-electron chi connectivity index (χ3n) is 3.81. The molecule has 0 fully saturated rings. The van der Waals surface area contributed by atoms with E-state index in [0.717, 1.165) is 12.8 Å². The van der Waals surface area contributed by atoms with E-state index in [-0.39, 0.29) is 18.2 Å². The average Bonchev–Trinajstić information content (AvgIpc) is 2.67. The third-order valence-corrected chi connectivity index (χ3v) is 3.81. The zero-order chi connectivity index (χ0) is 19.6. The summed E-state index contributed by atoms with van der Waals surface area (Å²) in [6.45, 7) is -0.234. The lowest BCUT2D eigenvalue weighted by Gasteiger charge is -2.13. The van der Waals surface area contributed by atoms with E-state index in [1.165, 1.54) is 13.2 Å². The van der Waals surface area contributed by atoms with Gasteiger partial charge in [-0.3, -0.25) is 4.79 Å². The van der Waals surface area contributed by atoms with Gasteiger partial charge in [0.25, 0.3) is 5.91 Å². The highest BCUT2D eigenvalue weighted by Crippen LogP contribution is 2.28. The molecule has 0 aliphatic heterocycles. The number of ether oxygens (including phenoxy) is 3. The molecule has 0 heterocycles. The summed E-state index contributed by atoms with van der Waals surface area (Å²) in [6, 6.07) is 11.2. The minimum atomic E-state index is -2.92. The fourth-order valence-corrected chi connectivity index (χ4v) is 2.39. The fourth-order valence-electron chi connectivity index (χ4n) is 2.39. The maximum absolute atomic E-state index is 12.5. The van der Waals surface area contributed by atoms with E-state index in [1.54, 1.807) is 36.4 Å². The first-order valence-electron chi connectivity index (χ1n) is 8.67. The molecule has 0 unspecified atom stereocenters. The lowest BCUT2D eigenvalue weighted by molar-refractivity contribution is -0.0504. The summed E-state index contributed by atoms with van der Waals surface area (Å²) >= 11 is 0. The van der Waals surface area contributed by atoms with Crippen molar-refractivity contribution < 1.29 is 27.8 Å². The summed E-state index contributed by atoms with van der Waals surface area (Å²) in [6.07, 6.45) is 1.94. The smallest absolute Gasteiger partial charge is 0.387 e. The van der Waals surface area contributed by atoms with Crippen molar-refractivity contribution in [3.8, 4) is 17.2 Å². The van der Waals surface area contributed by atoms with Crippen molar-refractivity contribution in [2.45, 2.75) is 32.9 Å². The van der Waals surface area contributed by atoms with Crippen LogP contribution in [0.25, 0.3) is 0 Å². The predicted octanol–water partition coefficient (Wildman–Crippen LogP) is 4.41. The van der Waals surface area contributed by atoms with Crippen molar-refractivity contribution in [3.63, 3.8) is 0 Å². The van der Waals surface area contributed by atoms with Gasteiger partial charge in [0.05, 0.1) is 13.7 Å². The maximum Gasteiger partial charge on any atom is 0.387 e. The van der Waals surface area contributed by atoms with Gasteiger partial charge in [-0.25, -0.2) is 0 Å². The number of carbonyl (C=O) groups is 1. The van der Waals surface area contributed by atoms with Crippen molar-refractivity contribution in [3.05, 3.63) is 53.6 Å². The summed E-state index contributed by atoms with van der Waals surface area (Å²) in [7, 11) is 1.50. The molecule has 1 amide bonds. The standard InChI is InChI=1S/C20H23F2NO4/c1-3-4-11-26-17-10-9-14(12-18(17)25-2)19(24)23-13-15-7-5-6-8-16(15)27-20(21)22/h5-10,12,20H,3-4,11,13H2,1-2H3,(H,23,24). The van der Waals surface area contributed by atoms with Crippen LogP contribution in [0, 0.1) is 0 Å². The number of nitrogens with one attached hydrogen (secondary N) is 1. The summed E-state index contributed by atoms with van der Waals surface area (Å²) in [5, 5.41) is 2.69. The molecule has 0 saturated carbocycles. The zero-order valence-corrected chi connectivity index (χ0v) is 15.3. The van der Waals surface area contributed by atoms with Gasteiger partial charge in [0, 0.05) is 17.7 Å². The van der Waals surface area contributed by atoms with E-state index in [9.17, 15) is 13.6 Å². The SMILES string of the molecule is CCCCOc1ccc(C(=O)NCc2ccccc2OC(F)F)cc1OC. The lowest BCUT2D eigenvalue weighted by Crippen LogP contribution is -2.23. The van der Waals surface area contributed by atoms with Gasteiger partial charge in [0.2, 0.25) is 0 Å². The molecular formula is C20H23F2NO4. The van der Waals surface area contributed by atoms with Gasteiger partial charge in [-0.2, -0.15) is 8.78 Å². The van der Waals surface area contributed by atoms with Crippen molar-refractivity contribution in [1.29, 1.82) is 0 Å². The predicted molar refractivity (Wildman–Crippen MR) is 97.6 cm³/mol. The van der Waals surface area contributed by atoms with Gasteiger partial charge in [0.1, 0.15) is 5.75 Å². The van der Waals surface area contributed by atoms with Gasteiger partial charge in [-0.1, -0.05) is 31.5 Å². The Morgan fingerprint density at radius 1 is 1.11 bits per heavy atom. The van der Waals surface area contributed by atoms with Crippen LogP contribution in [-0.2, 0) is 6.54 Å². The Bertz CT molecular complexity index is 753. The quantitative estimate of drug-likeness (QED) is 0.622. The molecule has 2 aromatic rings. The van der Waals surface area contributed by atoms with E-state index >= 15 is 0 Å². The minimum Gasteiger partial charge on any atom is -0.493 e. The Kier molecular flexibility index (Phi) is 7.85. The second-order valence-corrected chi connectivity index (χ2v) is 5.74. The van der Waals surface area contributed by atoms with Crippen LogP contribution < -0.4 is 19.5 Å². The summed E-state index contributed by atoms with van der Waals surface area (Å²) in [4.78, 5) is 12.4. The molecule has 0 saturated heterocycles. The van der Waals surface area contributed by atoms with Crippen LogP contribution in [0.5, 0.6) is 17.2 Å². The molecule has 0 aromatic heterocycles. The number of para-hydroxylation sites is 1. The van der Waals surface area contributed by atoms with Crippen molar-refractivity contribution in [2.75, 3.05) is 13.7 Å². The number of hydrogen-bond acceptors (Lipinski definition) is 4. The first kappa shape index (κ1) is 20.5. The molecule has 0 spiro atoms. The minimum absolute atomic E-state index is 0.0325. The molecule has 2 aromatic carbocycles. The number of carbonyl (C=O) groups excluding carboxylic acids is 1. The molecule has 0 atom stereocenters. The molecule has 1 N–H and O–H groups in total. The van der Waals surface area contributed by atoms with Crippen molar-refractivity contribution >= 4 is 5.91 Å². The molecule has 7 heteroatoms. The molecule has 2 rings (SSSR count). The van der Waals surface area contributed by atoms with E-state index < -0.39 is 6.61 Å². The molecular weight excluding hydrogens is 356 g/mol. The lowest BCUT2D eigenvalue weighted by atomic mass is 10.1. The Labute approximate surface area is 157 Å². The van der Waals surface area contributed by atoms with Crippen LogP contribution in [0.15, 0.2) is 42.5 Å². The molecule has 0 radical (unpaired) electrons. The highest BCUT2D eigenvalue weighted by molar-refractivity contribution is 5.94. The third kappa shape index (κ3) is 6.13. The second kappa shape index (κ2) is 10.4. The van der Waals surface area contributed by atoms with Crippen LogP contribution >= 0.6 is 0 Å². The van der Waals surface area contributed by atoms with Gasteiger partial charge in [0.15, 0.2) is 11.5 Å². The first-order chi connectivity index (χ1) is 13.0. The highest BCUT2D eigenvalue weighted by atomic mass is 19.3. The van der Waals surface area contributed by atoms with Gasteiger partial charge in [-0.15, -0.1) is 0 Å². The van der Waals surface area contributed by atoms with E-state index in [2.05, 4.69) is 17.0 Å². The van der Waals surface area contributed by atoms with Gasteiger partial charge >= 0.3 is 6.61 Å². The Morgan fingerprint density at radius 2 is 1.89 bits per heavy atom. The number of benzene rings is 2. The van der Waals surface area contributed by atoms with Crippen LogP contribution in [-0.4, -0.2) is 26.2 Å². The Balaban J connectivity index is 2.04. The summed E-state index contributed by atoms with van der Waals surface area (Å²) < 4.78 is 40.3. The van der Waals surface area contributed by atoms with Crippen molar-refractivity contribution in [1.82, 2.24) is 5.32 Å². The average molecular weight is 379 g/mol. The van der Waals surface area contributed by atoms with Crippen LogP contribution in [0.4, 0.5) is 8.78 Å². The maximum atomic E-state index is 12.5. The first-order valence-corrected chi connectivity index (χ1v) is 8.67. The highest BCUT2D eigenvalue weighted by Gasteiger charge is 2.13. The van der Waals surface area contributed by atoms with Crippen molar-refractivity contribution in [2.24, 2.45) is 0 Å². The van der Waals surface area contributed by atoms with E-state index in [4.69, 9.17) is 9.47 Å².